The molecule has 21 heavy (non-hydrogen) atoms. The molecule has 1 aromatic rings. The fourth-order valence-electron chi connectivity index (χ4n) is 1.97. The van der Waals surface area contributed by atoms with Gasteiger partial charge < -0.3 is 20.5 Å². The molecule has 4 N–H and O–H groups in total. The van der Waals surface area contributed by atoms with Gasteiger partial charge in [-0.2, -0.15) is 0 Å². The number of hydrogen-bond donors (Lipinski definition) is 3. The molecule has 0 saturated heterocycles. The Morgan fingerprint density at radius 2 is 2.05 bits per heavy atom. The standard InChI is InChI=1S/C13H23N3O4S/c1-13(17,9-16(2)3)8-15-21(18,19)12-7-10(14)5-6-11(12)20-4/h5-7,15,17H,8-9,14H2,1-4H3. The second-order valence-electron chi connectivity index (χ2n) is 5.47. The van der Waals surface area contributed by atoms with E-state index in [1.165, 1.54) is 19.2 Å². The number of aliphatic hydroxyl groups is 1. The Morgan fingerprint density at radius 1 is 1.43 bits per heavy atom. The van der Waals surface area contributed by atoms with E-state index in [4.69, 9.17) is 10.5 Å². The highest BCUT2D eigenvalue weighted by Crippen LogP contribution is 2.25. The summed E-state index contributed by atoms with van der Waals surface area (Å²) in [6, 6.07) is 4.36. The van der Waals surface area contributed by atoms with Crippen molar-refractivity contribution in [2.75, 3.05) is 40.0 Å². The van der Waals surface area contributed by atoms with E-state index >= 15 is 0 Å². The first-order valence-corrected chi connectivity index (χ1v) is 7.86. The van der Waals surface area contributed by atoms with Gasteiger partial charge in [0.25, 0.3) is 0 Å². The number of nitrogens with one attached hydrogen (secondary N) is 1. The van der Waals surface area contributed by atoms with Crippen LogP contribution >= 0.6 is 0 Å². The SMILES string of the molecule is COc1ccc(N)cc1S(=O)(=O)NCC(C)(O)CN(C)C. The van der Waals surface area contributed by atoms with Gasteiger partial charge in [-0.25, -0.2) is 13.1 Å². The fourth-order valence-corrected chi connectivity index (χ4v) is 3.33. The molecule has 0 aliphatic rings. The number of rotatable bonds is 7. The first-order valence-electron chi connectivity index (χ1n) is 6.38. The second kappa shape index (κ2) is 6.61. The van der Waals surface area contributed by atoms with Gasteiger partial charge >= 0.3 is 0 Å². The third kappa shape index (κ3) is 5.16. The molecule has 7 nitrogen and oxygen atoms in total. The Hall–Kier alpha value is -1.35. The number of nitrogen functional groups attached to an aromatic ring is 1. The average molecular weight is 317 g/mol. The molecule has 1 atom stereocenters. The maximum atomic E-state index is 12.3. The van der Waals surface area contributed by atoms with E-state index in [2.05, 4.69) is 4.72 Å². The quantitative estimate of drug-likeness (QED) is 0.605. The summed E-state index contributed by atoms with van der Waals surface area (Å²) in [5, 5.41) is 10.2. The Morgan fingerprint density at radius 3 is 2.57 bits per heavy atom. The predicted molar refractivity (Wildman–Crippen MR) is 81.8 cm³/mol. The summed E-state index contributed by atoms with van der Waals surface area (Å²) in [6.07, 6.45) is 0. The van der Waals surface area contributed by atoms with Crippen molar-refractivity contribution in [1.29, 1.82) is 0 Å². The van der Waals surface area contributed by atoms with Gasteiger partial charge in [-0.1, -0.05) is 0 Å². The zero-order valence-corrected chi connectivity index (χ0v) is 13.6. The minimum absolute atomic E-state index is 0.0503. The Bertz CT molecular complexity index is 585. The van der Waals surface area contributed by atoms with E-state index in [9.17, 15) is 13.5 Å². The van der Waals surface area contributed by atoms with E-state index in [0.29, 0.717) is 12.2 Å². The molecular formula is C13H23N3O4S. The van der Waals surface area contributed by atoms with Gasteiger partial charge in [0.1, 0.15) is 10.6 Å². The van der Waals surface area contributed by atoms with Gasteiger partial charge in [0.2, 0.25) is 10.0 Å². The molecule has 8 heteroatoms. The number of ether oxygens (including phenoxy) is 1. The van der Waals surface area contributed by atoms with Crippen molar-refractivity contribution in [2.24, 2.45) is 0 Å². The van der Waals surface area contributed by atoms with Crippen LogP contribution in [0.2, 0.25) is 0 Å². The Kier molecular flexibility index (Phi) is 5.57. The lowest BCUT2D eigenvalue weighted by atomic mass is 10.1. The van der Waals surface area contributed by atoms with Crippen molar-refractivity contribution in [1.82, 2.24) is 9.62 Å². The number of hydrogen-bond acceptors (Lipinski definition) is 6. The second-order valence-corrected chi connectivity index (χ2v) is 7.20. The molecule has 0 aliphatic heterocycles. The maximum Gasteiger partial charge on any atom is 0.244 e. The van der Waals surface area contributed by atoms with Crippen LogP contribution in [0.25, 0.3) is 0 Å². The number of sulfonamides is 1. The monoisotopic (exact) mass is 317 g/mol. The molecule has 0 fully saturated rings. The summed E-state index contributed by atoms with van der Waals surface area (Å²) in [4.78, 5) is 1.72. The normalized spacial score (nSPS) is 15.0. The van der Waals surface area contributed by atoms with Gasteiger partial charge in [0.15, 0.2) is 0 Å². The molecule has 1 unspecified atom stereocenters. The molecule has 0 aliphatic carbocycles. The van der Waals surface area contributed by atoms with Gasteiger partial charge in [-0.15, -0.1) is 0 Å². The molecule has 0 spiro atoms. The topological polar surface area (TPSA) is 105 Å². The maximum absolute atomic E-state index is 12.3. The van der Waals surface area contributed by atoms with E-state index in [-0.39, 0.29) is 17.2 Å². The predicted octanol–water partition coefficient (Wildman–Crippen LogP) is -0.132. The molecule has 0 aromatic heterocycles. The minimum Gasteiger partial charge on any atom is -0.495 e. The van der Waals surface area contributed by atoms with Crippen molar-refractivity contribution in [3.8, 4) is 5.75 Å². The van der Waals surface area contributed by atoms with Crippen molar-refractivity contribution in [2.45, 2.75) is 17.4 Å². The molecule has 0 bridgehead atoms. The largest absolute Gasteiger partial charge is 0.495 e. The van der Waals surface area contributed by atoms with Crippen molar-refractivity contribution < 1.29 is 18.3 Å². The van der Waals surface area contributed by atoms with Gasteiger partial charge in [-0.05, 0) is 39.2 Å². The fraction of sp³-hybridized carbons (Fsp3) is 0.538. The number of anilines is 1. The summed E-state index contributed by atoms with van der Waals surface area (Å²) < 4.78 is 32.1. The number of nitrogens with two attached hydrogens (primary N) is 1. The lowest BCUT2D eigenvalue weighted by Crippen LogP contribution is -2.47. The third-order valence-corrected chi connectivity index (χ3v) is 4.20. The van der Waals surface area contributed by atoms with Crippen LogP contribution in [0.3, 0.4) is 0 Å². The molecule has 0 saturated carbocycles. The number of methoxy groups -OCH3 is 1. The highest BCUT2D eigenvalue weighted by Gasteiger charge is 2.26. The van der Waals surface area contributed by atoms with Crippen LogP contribution < -0.4 is 15.2 Å². The van der Waals surface area contributed by atoms with Crippen LogP contribution in [0.5, 0.6) is 5.75 Å². The van der Waals surface area contributed by atoms with Crippen molar-refractivity contribution >= 4 is 15.7 Å². The smallest absolute Gasteiger partial charge is 0.244 e. The summed E-state index contributed by atoms with van der Waals surface area (Å²) >= 11 is 0. The van der Waals surface area contributed by atoms with Crippen LogP contribution in [-0.2, 0) is 10.0 Å². The van der Waals surface area contributed by atoms with Gasteiger partial charge in [0.05, 0.1) is 12.7 Å². The summed E-state index contributed by atoms with van der Waals surface area (Å²) in [5.74, 6) is 0.198. The van der Waals surface area contributed by atoms with Gasteiger partial charge in [-0.3, -0.25) is 0 Å². The molecular weight excluding hydrogens is 294 g/mol. The Balaban J connectivity index is 2.95. The van der Waals surface area contributed by atoms with E-state index in [0.717, 1.165) is 0 Å². The minimum atomic E-state index is -3.83. The van der Waals surface area contributed by atoms with Crippen LogP contribution in [0.15, 0.2) is 23.1 Å². The third-order valence-electron chi connectivity index (χ3n) is 2.78. The van der Waals surface area contributed by atoms with E-state index in [1.807, 2.05) is 0 Å². The van der Waals surface area contributed by atoms with E-state index in [1.54, 1.807) is 32.0 Å². The van der Waals surface area contributed by atoms with Crippen LogP contribution in [-0.4, -0.2) is 58.3 Å². The highest BCUT2D eigenvalue weighted by molar-refractivity contribution is 7.89. The van der Waals surface area contributed by atoms with Crippen molar-refractivity contribution in [3.05, 3.63) is 18.2 Å². The lowest BCUT2D eigenvalue weighted by molar-refractivity contribution is 0.0386. The molecule has 1 aromatic carbocycles. The average Bonchev–Trinajstić information content (AvgIpc) is 2.35. The van der Waals surface area contributed by atoms with Crippen LogP contribution in [0.1, 0.15) is 6.92 Å². The van der Waals surface area contributed by atoms with Crippen molar-refractivity contribution in [3.63, 3.8) is 0 Å². The molecule has 0 heterocycles. The van der Waals surface area contributed by atoms with Crippen LogP contribution in [0.4, 0.5) is 5.69 Å². The summed E-state index contributed by atoms with van der Waals surface area (Å²) in [5.41, 5.74) is 4.75. The molecule has 1 rings (SSSR count). The molecule has 120 valence electrons. The van der Waals surface area contributed by atoms with Gasteiger partial charge in [0, 0.05) is 18.8 Å². The first kappa shape index (κ1) is 17.7. The number of nitrogens with zero attached hydrogens (tertiary/aromatic N) is 1. The zero-order valence-electron chi connectivity index (χ0n) is 12.8. The highest BCUT2D eigenvalue weighted by atomic mass is 32.2. The molecule has 0 radical (unpaired) electrons. The summed E-state index contributed by atoms with van der Waals surface area (Å²) in [7, 11) is 1.14. The zero-order chi connectivity index (χ0) is 16.3. The Labute approximate surface area is 125 Å². The lowest BCUT2D eigenvalue weighted by Gasteiger charge is -2.27. The van der Waals surface area contributed by atoms with E-state index < -0.39 is 15.6 Å². The van der Waals surface area contributed by atoms with Crippen LogP contribution in [0, 0.1) is 0 Å². The molecule has 0 amide bonds. The first-order chi connectivity index (χ1) is 9.57. The number of benzene rings is 1. The number of likely N-dealkylation sites (N-methyl/N-ethyl adjacent to an activating group) is 1. The summed E-state index contributed by atoms with van der Waals surface area (Å²) in [6.45, 7) is 1.77.